The van der Waals surface area contributed by atoms with Crippen molar-refractivity contribution in [2.75, 3.05) is 26.7 Å². The number of hydrogen-bond acceptors (Lipinski definition) is 14. The predicted octanol–water partition coefficient (Wildman–Crippen LogP) is 1.46. The first kappa shape index (κ1) is 38.9. The summed E-state index contributed by atoms with van der Waals surface area (Å²) in [6.07, 6.45) is 0. The van der Waals surface area contributed by atoms with Gasteiger partial charge in [-0.25, -0.2) is 24.8 Å². The maximum Gasteiger partial charge on any atom is 0.345 e. The summed E-state index contributed by atoms with van der Waals surface area (Å²) in [6, 6.07) is 16.3. The second-order valence-corrected chi connectivity index (χ2v) is 13.9. The molecule has 3 aliphatic rings. The van der Waals surface area contributed by atoms with Crippen LogP contribution in [0.5, 0.6) is 0 Å². The highest BCUT2D eigenvalue weighted by atomic mass is 32.2. The highest BCUT2D eigenvalue weighted by molar-refractivity contribution is 8.02. The number of nitro benzene ring substituents is 2. The van der Waals surface area contributed by atoms with Crippen molar-refractivity contribution in [3.05, 3.63) is 116 Å². The quantitative estimate of drug-likeness (QED) is 0.0521. The average molecular weight is 793 g/mol. The van der Waals surface area contributed by atoms with Gasteiger partial charge in [0.1, 0.15) is 18.6 Å². The molecule has 0 saturated carbocycles. The van der Waals surface area contributed by atoms with E-state index in [1.165, 1.54) is 65.6 Å². The number of β-lactam (4-membered cyclic amide) rings is 1. The zero-order valence-corrected chi connectivity index (χ0v) is 30.0. The van der Waals surface area contributed by atoms with Crippen LogP contribution in [0, 0.1) is 20.2 Å². The van der Waals surface area contributed by atoms with E-state index in [1.807, 2.05) is 0 Å². The van der Waals surface area contributed by atoms with Gasteiger partial charge in [-0.1, -0.05) is 42.1 Å². The van der Waals surface area contributed by atoms with Crippen LogP contribution >= 0.6 is 11.8 Å². The summed E-state index contributed by atoms with van der Waals surface area (Å²) in [5, 5.41) is 24.4. The third-order valence-electron chi connectivity index (χ3n) is 9.22. The number of carbonyl (C=O) groups is 6. The number of carbonyl (C=O) groups excluding carboxylic acids is 6. The number of amides is 6. The Morgan fingerprint density at radius 1 is 0.893 bits per heavy atom. The number of thioether (sulfide) groups is 1. The first-order chi connectivity index (χ1) is 26.7. The number of fused-ring (bicyclic) bond motifs is 1. The van der Waals surface area contributed by atoms with Crippen LogP contribution < -0.4 is 16.5 Å². The molecule has 3 aliphatic heterocycles. The number of rotatable bonds is 14. The van der Waals surface area contributed by atoms with Crippen molar-refractivity contribution in [3.8, 4) is 0 Å². The van der Waals surface area contributed by atoms with Gasteiger partial charge in [0, 0.05) is 37.9 Å². The molecule has 21 nitrogen and oxygen atoms in total. The molecule has 0 spiro atoms. The lowest BCUT2D eigenvalue weighted by molar-refractivity contribution is -0.385. The van der Waals surface area contributed by atoms with Crippen LogP contribution in [0.1, 0.15) is 22.6 Å². The van der Waals surface area contributed by atoms with E-state index in [4.69, 9.17) is 19.9 Å². The number of hydrazine groups is 1. The van der Waals surface area contributed by atoms with Crippen LogP contribution in [0.4, 0.5) is 21.0 Å². The molecule has 22 heteroatoms. The number of esters is 2. The Labute approximate surface area is 320 Å². The van der Waals surface area contributed by atoms with Gasteiger partial charge >= 0.3 is 24.0 Å². The van der Waals surface area contributed by atoms with Crippen LogP contribution in [-0.2, 0) is 46.6 Å². The predicted molar refractivity (Wildman–Crippen MR) is 190 cm³/mol. The molecule has 1 unspecified atom stereocenters. The molecule has 0 aromatic heterocycles. The van der Waals surface area contributed by atoms with Crippen LogP contribution in [0.3, 0.4) is 0 Å². The number of nitrogens with two attached hydrogens (primary N) is 1. The molecule has 0 radical (unpaired) electrons. The topological polar surface area (TPSA) is 276 Å². The van der Waals surface area contributed by atoms with E-state index >= 15 is 0 Å². The zero-order valence-electron chi connectivity index (χ0n) is 29.2. The number of methoxy groups -OCH3 is 1. The normalized spacial score (nSPS) is 21.7. The molecule has 3 aromatic rings. The van der Waals surface area contributed by atoms with E-state index in [9.17, 15) is 49.0 Å². The number of nitrogens with zero attached hydrogens (tertiary/aromatic N) is 5. The average Bonchev–Trinajstić information content (AvgIpc) is 3.75. The Balaban J connectivity index is 1.25. The van der Waals surface area contributed by atoms with E-state index in [2.05, 4.69) is 10.7 Å². The van der Waals surface area contributed by atoms with Gasteiger partial charge in [0.25, 0.3) is 23.0 Å². The fraction of sp³-hybridized carbons (Fsp3) is 0.294. The smallest absolute Gasteiger partial charge is 0.345 e. The molecule has 3 fully saturated rings. The number of non-ortho nitro benzene ring substituents is 2. The van der Waals surface area contributed by atoms with Gasteiger partial charge in [-0.3, -0.25) is 39.5 Å². The number of primary amides is 1. The molecule has 6 amide bonds. The summed E-state index contributed by atoms with van der Waals surface area (Å²) < 4.78 is 16.7. The number of benzene rings is 3. The number of hydrogen-bond donors (Lipinski definition) is 3. The third kappa shape index (κ3) is 7.21. The number of nitro groups is 2. The SMILES string of the molecule is CO[C@]1(NC(=O)C(C(=O)OCc2ccc([N+](=O)[O-])cc2)c2ccccc2)C(=O)N2C[C@@](C(=O)OCc3ccc([N+](=O)[O-])cc3)(N3CCN(NC(N)=O)C3=O)S[C@@H]21. The van der Waals surface area contributed by atoms with Gasteiger partial charge in [-0.2, -0.15) is 0 Å². The monoisotopic (exact) mass is 792 g/mol. The van der Waals surface area contributed by atoms with Crippen molar-refractivity contribution in [2.45, 2.75) is 35.1 Å². The molecule has 3 saturated heterocycles. The Kier molecular flexibility index (Phi) is 10.8. The second kappa shape index (κ2) is 15.5. The minimum Gasteiger partial charge on any atom is -0.460 e. The minimum atomic E-state index is -2.16. The van der Waals surface area contributed by atoms with Crippen molar-refractivity contribution in [2.24, 2.45) is 5.73 Å². The number of nitrogens with one attached hydrogen (secondary N) is 2. The summed E-state index contributed by atoms with van der Waals surface area (Å²) in [5.74, 6) is -5.48. The van der Waals surface area contributed by atoms with Crippen molar-refractivity contribution in [1.29, 1.82) is 0 Å². The maximum atomic E-state index is 14.1. The van der Waals surface area contributed by atoms with Crippen LogP contribution in [0.2, 0.25) is 0 Å². The van der Waals surface area contributed by atoms with E-state index in [0.29, 0.717) is 11.1 Å². The first-order valence-electron chi connectivity index (χ1n) is 16.6. The largest absolute Gasteiger partial charge is 0.460 e. The van der Waals surface area contributed by atoms with E-state index in [-0.39, 0.29) is 43.2 Å². The summed E-state index contributed by atoms with van der Waals surface area (Å²) in [7, 11) is 1.13. The summed E-state index contributed by atoms with van der Waals surface area (Å²) in [5.41, 5.74) is 5.83. The van der Waals surface area contributed by atoms with E-state index in [0.717, 1.165) is 28.8 Å². The molecule has 0 aliphatic carbocycles. The number of ether oxygens (including phenoxy) is 3. The van der Waals surface area contributed by atoms with Crippen LogP contribution in [-0.4, -0.2) is 103 Å². The van der Waals surface area contributed by atoms with Crippen molar-refractivity contribution in [1.82, 2.24) is 25.6 Å². The molecule has 56 heavy (non-hydrogen) atoms. The van der Waals surface area contributed by atoms with Gasteiger partial charge in [0.05, 0.1) is 22.9 Å². The highest BCUT2D eigenvalue weighted by Gasteiger charge is 2.74. The summed E-state index contributed by atoms with van der Waals surface area (Å²) in [6.45, 7) is -1.42. The Hall–Kier alpha value is -6.81. The maximum absolute atomic E-state index is 14.1. The van der Waals surface area contributed by atoms with Crippen molar-refractivity contribution >= 4 is 59.0 Å². The lowest BCUT2D eigenvalue weighted by atomic mass is 9.95. The van der Waals surface area contributed by atoms with E-state index < -0.39 is 74.1 Å². The molecular weight excluding hydrogens is 760 g/mol. The molecular formula is C34H32N8O13S. The zero-order chi connectivity index (χ0) is 40.4. The van der Waals surface area contributed by atoms with Gasteiger partial charge < -0.3 is 30.2 Å². The van der Waals surface area contributed by atoms with Gasteiger partial charge in [0.15, 0.2) is 5.92 Å². The molecule has 3 aromatic carbocycles. The van der Waals surface area contributed by atoms with Gasteiger partial charge in [-0.05, 0) is 41.0 Å². The van der Waals surface area contributed by atoms with Crippen molar-refractivity contribution < 1.29 is 52.8 Å². The molecule has 4 atom stereocenters. The lowest BCUT2D eigenvalue weighted by Crippen LogP contribution is -2.78. The van der Waals surface area contributed by atoms with Crippen molar-refractivity contribution in [3.63, 3.8) is 0 Å². The Morgan fingerprint density at radius 3 is 2.00 bits per heavy atom. The van der Waals surface area contributed by atoms with E-state index in [1.54, 1.807) is 18.2 Å². The van der Waals surface area contributed by atoms with Gasteiger partial charge in [0.2, 0.25) is 10.8 Å². The first-order valence-corrected chi connectivity index (χ1v) is 17.5. The standard InChI is InChI=1S/C34H32N8O13S/c1-53-34(36-26(43)25(22-5-3-2-4-6-22)27(44)54-17-20-7-11-23(12-8-20)41(49)50)28(45)38-19-33(56-29(34)38,39-15-16-40(32(39)48)37-31(35)47)30(46)55-18-21-9-13-24(14-10-21)42(51)52/h2-14,25,29H,15-19H2,1H3,(H,36,43)(H3,35,37,47)/t25?,29-,33-,34-/m1/s1. The highest BCUT2D eigenvalue weighted by Crippen LogP contribution is 2.54. The Bertz CT molecular complexity index is 2090. The lowest BCUT2D eigenvalue weighted by Gasteiger charge is -2.50. The fourth-order valence-corrected chi connectivity index (χ4v) is 8.14. The molecule has 0 bridgehead atoms. The molecule has 6 rings (SSSR count). The van der Waals surface area contributed by atoms with Gasteiger partial charge in [-0.15, -0.1) is 0 Å². The fourth-order valence-electron chi connectivity index (χ4n) is 6.39. The van der Waals surface area contributed by atoms with Crippen LogP contribution in [0.15, 0.2) is 78.9 Å². The number of urea groups is 2. The second-order valence-electron chi connectivity index (χ2n) is 12.6. The summed E-state index contributed by atoms with van der Waals surface area (Å²) in [4.78, 5) is 102. The molecule has 3 heterocycles. The summed E-state index contributed by atoms with van der Waals surface area (Å²) >= 11 is 0.755. The molecule has 4 N–H and O–H groups in total. The van der Waals surface area contributed by atoms with Crippen LogP contribution in [0.25, 0.3) is 0 Å². The Morgan fingerprint density at radius 2 is 1.46 bits per heavy atom. The minimum absolute atomic E-state index is 0.106. The molecule has 292 valence electrons. The third-order valence-corrected chi connectivity index (χ3v) is 10.9.